The van der Waals surface area contributed by atoms with Crippen molar-refractivity contribution in [1.82, 2.24) is 14.8 Å². The first kappa shape index (κ1) is 9.90. The number of aromatic nitrogens is 3. The molecule has 0 bridgehead atoms. The van der Waals surface area contributed by atoms with Gasteiger partial charge >= 0.3 is 0 Å². The van der Waals surface area contributed by atoms with E-state index in [4.69, 9.17) is 0 Å². The van der Waals surface area contributed by atoms with E-state index in [-0.39, 0.29) is 0 Å². The molecule has 0 N–H and O–H groups in total. The molecule has 2 aromatic rings. The number of rotatable bonds is 4. The first-order valence-electron chi connectivity index (χ1n) is 5.29. The summed E-state index contributed by atoms with van der Waals surface area (Å²) in [5.74, 6) is 0. The van der Waals surface area contributed by atoms with Crippen molar-refractivity contribution in [3.63, 3.8) is 0 Å². The molecule has 0 aromatic carbocycles. The first-order valence-corrected chi connectivity index (χ1v) is 5.29. The summed E-state index contributed by atoms with van der Waals surface area (Å²) >= 11 is 0. The molecule has 0 aliphatic carbocycles. The lowest BCUT2D eigenvalue weighted by molar-refractivity contribution is 0.672. The summed E-state index contributed by atoms with van der Waals surface area (Å²) in [4.78, 5) is 4.27. The molecule has 15 heavy (non-hydrogen) atoms. The summed E-state index contributed by atoms with van der Waals surface area (Å²) in [5.41, 5.74) is 2.34. The molecule has 0 saturated carbocycles. The van der Waals surface area contributed by atoms with Crippen LogP contribution in [-0.4, -0.2) is 14.8 Å². The zero-order valence-electron chi connectivity index (χ0n) is 8.93. The largest absolute Gasteiger partial charge is 0.266 e. The predicted molar refractivity (Wildman–Crippen MR) is 59.6 cm³/mol. The van der Waals surface area contributed by atoms with Gasteiger partial charge in [-0.1, -0.05) is 19.4 Å². The van der Waals surface area contributed by atoms with E-state index in [1.165, 1.54) is 5.56 Å². The Balaban J connectivity index is 2.05. The minimum absolute atomic E-state index is 0.755. The van der Waals surface area contributed by atoms with E-state index in [1.54, 1.807) is 0 Å². The van der Waals surface area contributed by atoms with Crippen LogP contribution in [0.2, 0.25) is 0 Å². The first-order chi connectivity index (χ1) is 7.38. The smallest absolute Gasteiger partial charge is 0.0831 e. The second kappa shape index (κ2) is 4.73. The van der Waals surface area contributed by atoms with Crippen molar-refractivity contribution in [3.05, 3.63) is 48.0 Å². The molecule has 3 nitrogen and oxygen atoms in total. The van der Waals surface area contributed by atoms with Gasteiger partial charge in [-0.05, 0) is 24.1 Å². The maximum absolute atomic E-state index is 4.31. The van der Waals surface area contributed by atoms with Crippen LogP contribution in [0.1, 0.15) is 24.6 Å². The van der Waals surface area contributed by atoms with Crippen LogP contribution in [0, 0.1) is 0 Å². The van der Waals surface area contributed by atoms with Gasteiger partial charge in [-0.15, -0.1) is 0 Å². The fourth-order valence-electron chi connectivity index (χ4n) is 1.57. The van der Waals surface area contributed by atoms with Crippen LogP contribution in [-0.2, 0) is 13.0 Å². The number of aryl methyl sites for hydroxylation is 1. The van der Waals surface area contributed by atoms with E-state index in [2.05, 4.69) is 23.2 Å². The standard InChI is InChI=1S/C12H15N3/c1-2-5-11-8-14-15(9-11)10-12-6-3-4-7-13-12/h3-4,6-9H,2,5,10H2,1H3. The Labute approximate surface area is 89.8 Å². The average molecular weight is 201 g/mol. The van der Waals surface area contributed by atoms with E-state index < -0.39 is 0 Å². The molecule has 0 radical (unpaired) electrons. The Bertz CT molecular complexity index is 406. The van der Waals surface area contributed by atoms with E-state index >= 15 is 0 Å². The van der Waals surface area contributed by atoms with Gasteiger partial charge in [0.05, 0.1) is 18.4 Å². The average Bonchev–Trinajstić information content (AvgIpc) is 2.68. The van der Waals surface area contributed by atoms with Crippen molar-refractivity contribution >= 4 is 0 Å². The van der Waals surface area contributed by atoms with Gasteiger partial charge in [0.25, 0.3) is 0 Å². The minimum Gasteiger partial charge on any atom is -0.266 e. The van der Waals surface area contributed by atoms with Crippen LogP contribution in [0.25, 0.3) is 0 Å². The second-order valence-electron chi connectivity index (χ2n) is 3.62. The molecule has 0 unspecified atom stereocenters. The molecular weight excluding hydrogens is 186 g/mol. The summed E-state index contributed by atoms with van der Waals surface area (Å²) in [6, 6.07) is 5.94. The molecule has 0 fully saturated rings. The van der Waals surface area contributed by atoms with Gasteiger partial charge in [0.15, 0.2) is 0 Å². The normalized spacial score (nSPS) is 10.5. The molecule has 2 aromatic heterocycles. The van der Waals surface area contributed by atoms with E-state index in [0.29, 0.717) is 0 Å². The molecule has 78 valence electrons. The molecule has 0 spiro atoms. The van der Waals surface area contributed by atoms with E-state index in [0.717, 1.165) is 25.1 Å². The SMILES string of the molecule is CCCc1cnn(Cc2ccccn2)c1. The Hall–Kier alpha value is -1.64. The second-order valence-corrected chi connectivity index (χ2v) is 3.62. The number of hydrogen-bond donors (Lipinski definition) is 0. The van der Waals surface area contributed by atoms with Crippen LogP contribution >= 0.6 is 0 Å². The monoisotopic (exact) mass is 201 g/mol. The van der Waals surface area contributed by atoms with E-state index in [1.807, 2.05) is 35.3 Å². The molecule has 0 aliphatic heterocycles. The van der Waals surface area contributed by atoms with Crippen molar-refractivity contribution < 1.29 is 0 Å². The Kier molecular flexibility index (Phi) is 3.12. The molecular formula is C12H15N3. The van der Waals surface area contributed by atoms with Crippen LogP contribution in [0.3, 0.4) is 0 Å². The molecule has 0 aliphatic rings. The van der Waals surface area contributed by atoms with Gasteiger partial charge in [-0.2, -0.15) is 5.10 Å². The van der Waals surface area contributed by atoms with Crippen LogP contribution in [0.5, 0.6) is 0 Å². The van der Waals surface area contributed by atoms with Gasteiger partial charge < -0.3 is 0 Å². The van der Waals surface area contributed by atoms with Gasteiger partial charge in [0, 0.05) is 12.4 Å². The number of hydrogen-bond acceptors (Lipinski definition) is 2. The lowest BCUT2D eigenvalue weighted by Crippen LogP contribution is -2.01. The fourth-order valence-corrected chi connectivity index (χ4v) is 1.57. The highest BCUT2D eigenvalue weighted by atomic mass is 15.3. The lowest BCUT2D eigenvalue weighted by atomic mass is 10.2. The molecule has 0 saturated heterocycles. The fraction of sp³-hybridized carbons (Fsp3) is 0.333. The van der Waals surface area contributed by atoms with Gasteiger partial charge in [-0.25, -0.2) is 0 Å². The highest BCUT2D eigenvalue weighted by Gasteiger charge is 1.99. The highest BCUT2D eigenvalue weighted by Crippen LogP contribution is 2.03. The van der Waals surface area contributed by atoms with Crippen molar-refractivity contribution in [3.8, 4) is 0 Å². The van der Waals surface area contributed by atoms with Crippen molar-refractivity contribution in [2.45, 2.75) is 26.3 Å². The van der Waals surface area contributed by atoms with Gasteiger partial charge in [0.2, 0.25) is 0 Å². The summed E-state index contributed by atoms with van der Waals surface area (Å²) < 4.78 is 1.94. The van der Waals surface area contributed by atoms with Crippen molar-refractivity contribution in [2.75, 3.05) is 0 Å². The van der Waals surface area contributed by atoms with Crippen LogP contribution in [0.15, 0.2) is 36.8 Å². The quantitative estimate of drug-likeness (QED) is 0.759. The molecule has 2 rings (SSSR count). The van der Waals surface area contributed by atoms with Crippen LogP contribution < -0.4 is 0 Å². The Morgan fingerprint density at radius 2 is 2.27 bits per heavy atom. The molecule has 2 heterocycles. The zero-order valence-corrected chi connectivity index (χ0v) is 8.93. The van der Waals surface area contributed by atoms with Crippen LogP contribution in [0.4, 0.5) is 0 Å². The predicted octanol–water partition coefficient (Wildman–Crippen LogP) is 2.28. The highest BCUT2D eigenvalue weighted by molar-refractivity contribution is 5.07. The summed E-state index contributed by atoms with van der Waals surface area (Å²) in [7, 11) is 0. The summed E-state index contributed by atoms with van der Waals surface area (Å²) in [5, 5.41) is 4.31. The third-order valence-electron chi connectivity index (χ3n) is 2.28. The van der Waals surface area contributed by atoms with Crippen molar-refractivity contribution in [1.29, 1.82) is 0 Å². The third-order valence-corrected chi connectivity index (χ3v) is 2.28. The topological polar surface area (TPSA) is 30.7 Å². The third kappa shape index (κ3) is 2.65. The lowest BCUT2D eigenvalue weighted by Gasteiger charge is -1.99. The van der Waals surface area contributed by atoms with E-state index in [9.17, 15) is 0 Å². The zero-order chi connectivity index (χ0) is 10.5. The Morgan fingerprint density at radius 1 is 1.33 bits per heavy atom. The molecule has 0 atom stereocenters. The maximum Gasteiger partial charge on any atom is 0.0831 e. The molecule has 3 heteroatoms. The summed E-state index contributed by atoms with van der Waals surface area (Å²) in [6.45, 7) is 2.93. The minimum atomic E-state index is 0.755. The number of pyridine rings is 1. The van der Waals surface area contributed by atoms with Crippen molar-refractivity contribution in [2.24, 2.45) is 0 Å². The molecule has 0 amide bonds. The summed E-state index contributed by atoms with van der Waals surface area (Å²) in [6.07, 6.45) is 8.11. The maximum atomic E-state index is 4.31. The Morgan fingerprint density at radius 3 is 3.00 bits per heavy atom. The van der Waals surface area contributed by atoms with Gasteiger partial charge in [0.1, 0.15) is 0 Å². The van der Waals surface area contributed by atoms with Gasteiger partial charge in [-0.3, -0.25) is 9.67 Å². The number of nitrogens with zero attached hydrogens (tertiary/aromatic N) is 3.